The van der Waals surface area contributed by atoms with Gasteiger partial charge in [-0.3, -0.25) is 9.59 Å². The second-order valence-electron chi connectivity index (χ2n) is 5.19. The molecule has 1 rings (SSSR count). The summed E-state index contributed by atoms with van der Waals surface area (Å²) in [5.74, 6) is 0.0349. The highest BCUT2D eigenvalue weighted by Crippen LogP contribution is 2.14. The molecule has 0 saturated carbocycles. The number of ether oxygens (including phenoxy) is 2. The predicted octanol–water partition coefficient (Wildman–Crippen LogP) is 4.17. The van der Waals surface area contributed by atoms with Gasteiger partial charge >= 0.3 is 5.97 Å². The topological polar surface area (TPSA) is 52.6 Å². The number of Topliss-reactive ketones (excluding diaryl/α,β-unsaturated/α-hetero) is 1. The van der Waals surface area contributed by atoms with Crippen LogP contribution in [0.3, 0.4) is 0 Å². The molecular weight excluding hydrogens is 280 g/mol. The Kier molecular flexibility index (Phi) is 8.96. The number of esters is 1. The van der Waals surface area contributed by atoms with Crippen LogP contribution in [0.25, 0.3) is 0 Å². The van der Waals surface area contributed by atoms with Gasteiger partial charge in [0.1, 0.15) is 12.2 Å². The zero-order chi connectivity index (χ0) is 16.2. The van der Waals surface area contributed by atoms with Crippen LogP contribution in [0.4, 0.5) is 0 Å². The lowest BCUT2D eigenvalue weighted by Gasteiger charge is -2.07. The fourth-order valence-electron chi connectivity index (χ4n) is 2.08. The predicted molar refractivity (Wildman–Crippen MR) is 86.3 cm³/mol. The summed E-state index contributed by atoms with van der Waals surface area (Å²) in [6.45, 7) is 4.90. The summed E-state index contributed by atoms with van der Waals surface area (Å²) >= 11 is 0. The number of unbranched alkanes of at least 4 members (excludes halogenated alkanes) is 4. The molecule has 0 atom stereocenters. The highest BCUT2D eigenvalue weighted by Gasteiger charge is 2.12. The highest BCUT2D eigenvalue weighted by molar-refractivity contribution is 6.05. The minimum atomic E-state index is -0.486. The second-order valence-corrected chi connectivity index (χ2v) is 5.19. The third kappa shape index (κ3) is 7.25. The Bertz CT molecular complexity index is 451. The summed E-state index contributed by atoms with van der Waals surface area (Å²) in [5.41, 5.74) is 0.503. The Morgan fingerprint density at radius 1 is 0.955 bits per heavy atom. The Balaban J connectivity index is 2.33. The molecule has 0 fully saturated rings. The first-order valence-corrected chi connectivity index (χ1v) is 8.09. The van der Waals surface area contributed by atoms with Gasteiger partial charge in [0, 0.05) is 5.56 Å². The van der Waals surface area contributed by atoms with E-state index in [-0.39, 0.29) is 18.8 Å². The third-order valence-corrected chi connectivity index (χ3v) is 3.30. The van der Waals surface area contributed by atoms with Crippen molar-refractivity contribution < 1.29 is 19.1 Å². The van der Waals surface area contributed by atoms with E-state index in [4.69, 9.17) is 9.47 Å². The molecule has 4 heteroatoms. The van der Waals surface area contributed by atoms with Crippen molar-refractivity contribution in [2.24, 2.45) is 0 Å². The Labute approximate surface area is 132 Å². The van der Waals surface area contributed by atoms with Crippen LogP contribution in [-0.4, -0.2) is 25.0 Å². The molecule has 0 saturated heterocycles. The molecule has 0 aromatic heterocycles. The van der Waals surface area contributed by atoms with E-state index < -0.39 is 5.97 Å². The normalized spacial score (nSPS) is 10.3. The average molecular weight is 306 g/mol. The molecular formula is C18H26O4. The summed E-state index contributed by atoms with van der Waals surface area (Å²) in [7, 11) is 0. The minimum absolute atomic E-state index is 0.217. The molecule has 0 bridgehead atoms. The van der Waals surface area contributed by atoms with E-state index in [0.29, 0.717) is 12.2 Å². The van der Waals surface area contributed by atoms with Gasteiger partial charge in [0.15, 0.2) is 5.78 Å². The van der Waals surface area contributed by atoms with E-state index in [1.165, 1.54) is 25.7 Å². The number of hydrogen-bond donors (Lipinski definition) is 0. The molecule has 122 valence electrons. The van der Waals surface area contributed by atoms with Crippen molar-refractivity contribution in [2.45, 2.75) is 52.4 Å². The zero-order valence-corrected chi connectivity index (χ0v) is 13.6. The minimum Gasteiger partial charge on any atom is -0.494 e. The summed E-state index contributed by atoms with van der Waals surface area (Å²) in [4.78, 5) is 23.1. The monoisotopic (exact) mass is 306 g/mol. The zero-order valence-electron chi connectivity index (χ0n) is 13.6. The molecule has 0 amide bonds. The van der Waals surface area contributed by atoms with Gasteiger partial charge in [0.2, 0.25) is 0 Å². The molecule has 0 spiro atoms. The van der Waals surface area contributed by atoms with Crippen molar-refractivity contribution in [1.82, 2.24) is 0 Å². The molecule has 0 radical (unpaired) electrons. The van der Waals surface area contributed by atoms with Crippen molar-refractivity contribution >= 4 is 11.8 Å². The van der Waals surface area contributed by atoms with E-state index in [9.17, 15) is 9.59 Å². The maximum atomic E-state index is 11.9. The smallest absolute Gasteiger partial charge is 0.313 e. The molecule has 1 aromatic rings. The van der Waals surface area contributed by atoms with Crippen molar-refractivity contribution in [3.63, 3.8) is 0 Å². The van der Waals surface area contributed by atoms with Gasteiger partial charge in [-0.2, -0.15) is 0 Å². The van der Waals surface area contributed by atoms with Gasteiger partial charge in [-0.05, 0) is 37.6 Å². The second kappa shape index (κ2) is 10.8. The van der Waals surface area contributed by atoms with Crippen molar-refractivity contribution in [2.75, 3.05) is 13.2 Å². The number of carbonyl (C=O) groups is 2. The first-order chi connectivity index (χ1) is 10.7. The van der Waals surface area contributed by atoms with Gasteiger partial charge in [-0.25, -0.2) is 0 Å². The van der Waals surface area contributed by atoms with Crippen molar-refractivity contribution in [3.8, 4) is 5.75 Å². The number of hydrogen-bond acceptors (Lipinski definition) is 4. The van der Waals surface area contributed by atoms with Crippen LogP contribution < -0.4 is 4.74 Å². The molecule has 0 aliphatic heterocycles. The van der Waals surface area contributed by atoms with Crippen LogP contribution in [0.1, 0.15) is 62.7 Å². The summed E-state index contributed by atoms with van der Waals surface area (Å²) < 4.78 is 10.4. The van der Waals surface area contributed by atoms with Gasteiger partial charge < -0.3 is 9.47 Å². The van der Waals surface area contributed by atoms with E-state index in [1.807, 2.05) is 0 Å². The lowest BCUT2D eigenvalue weighted by Crippen LogP contribution is -2.11. The number of ketones is 1. The molecule has 0 heterocycles. The van der Waals surface area contributed by atoms with Crippen LogP contribution in [0.2, 0.25) is 0 Å². The standard InChI is InChI=1S/C18H26O4/c1-3-5-6-7-8-13-22-16-11-9-15(10-12-16)17(19)14-18(20)21-4-2/h9-12H,3-8,13-14H2,1-2H3. The highest BCUT2D eigenvalue weighted by atomic mass is 16.5. The van der Waals surface area contributed by atoms with Crippen LogP contribution in [0.15, 0.2) is 24.3 Å². The first kappa shape index (κ1) is 18.2. The lowest BCUT2D eigenvalue weighted by molar-refractivity contribution is -0.141. The van der Waals surface area contributed by atoms with Crippen LogP contribution in [-0.2, 0) is 9.53 Å². The quantitative estimate of drug-likeness (QED) is 0.266. The van der Waals surface area contributed by atoms with E-state index in [0.717, 1.165) is 12.2 Å². The average Bonchev–Trinajstić information content (AvgIpc) is 2.51. The largest absolute Gasteiger partial charge is 0.494 e. The Morgan fingerprint density at radius 2 is 1.64 bits per heavy atom. The van der Waals surface area contributed by atoms with Crippen LogP contribution >= 0.6 is 0 Å². The number of rotatable bonds is 11. The van der Waals surface area contributed by atoms with Gasteiger partial charge in [0.25, 0.3) is 0 Å². The third-order valence-electron chi connectivity index (χ3n) is 3.30. The van der Waals surface area contributed by atoms with Crippen LogP contribution in [0.5, 0.6) is 5.75 Å². The van der Waals surface area contributed by atoms with Crippen LogP contribution in [0, 0.1) is 0 Å². The fourth-order valence-corrected chi connectivity index (χ4v) is 2.08. The molecule has 0 unspecified atom stereocenters. The molecule has 0 aliphatic rings. The first-order valence-electron chi connectivity index (χ1n) is 8.09. The molecule has 0 aliphatic carbocycles. The fraction of sp³-hybridized carbons (Fsp3) is 0.556. The van der Waals surface area contributed by atoms with Gasteiger partial charge in [0.05, 0.1) is 13.2 Å². The van der Waals surface area contributed by atoms with Gasteiger partial charge in [-0.15, -0.1) is 0 Å². The molecule has 1 aromatic carbocycles. The molecule has 4 nitrogen and oxygen atoms in total. The van der Waals surface area contributed by atoms with Crippen molar-refractivity contribution in [1.29, 1.82) is 0 Å². The summed E-state index contributed by atoms with van der Waals surface area (Å²) in [6.07, 6.45) is 5.78. The molecule has 0 N–H and O–H groups in total. The summed E-state index contributed by atoms with van der Waals surface area (Å²) in [5, 5.41) is 0. The number of benzene rings is 1. The molecule has 22 heavy (non-hydrogen) atoms. The summed E-state index contributed by atoms with van der Waals surface area (Å²) in [6, 6.07) is 6.91. The Hall–Kier alpha value is -1.84. The maximum Gasteiger partial charge on any atom is 0.313 e. The van der Waals surface area contributed by atoms with E-state index in [2.05, 4.69) is 6.92 Å². The van der Waals surface area contributed by atoms with Gasteiger partial charge in [-0.1, -0.05) is 32.6 Å². The lowest BCUT2D eigenvalue weighted by atomic mass is 10.1. The number of carbonyl (C=O) groups excluding carboxylic acids is 2. The van der Waals surface area contributed by atoms with E-state index in [1.54, 1.807) is 31.2 Å². The SMILES string of the molecule is CCCCCCCOc1ccc(C(=O)CC(=O)OCC)cc1. The van der Waals surface area contributed by atoms with Crippen molar-refractivity contribution in [3.05, 3.63) is 29.8 Å². The van der Waals surface area contributed by atoms with E-state index >= 15 is 0 Å². The Morgan fingerprint density at radius 3 is 2.27 bits per heavy atom. The maximum absolute atomic E-state index is 11.9.